The van der Waals surface area contributed by atoms with E-state index in [0.717, 1.165) is 21.3 Å². The van der Waals surface area contributed by atoms with Crippen molar-refractivity contribution < 1.29 is 8.85 Å². The molecule has 54 heavy (non-hydrogen) atoms. The summed E-state index contributed by atoms with van der Waals surface area (Å²) in [5.74, 6) is 1.86. The molecule has 0 atom stereocenters. The van der Waals surface area contributed by atoms with Gasteiger partial charge in [0.15, 0.2) is 0 Å². The first kappa shape index (κ1) is 39.9. The molecule has 0 aromatic heterocycles. The third kappa shape index (κ3) is 7.35. The predicted molar refractivity (Wildman–Crippen MR) is 251 cm³/mol. The first-order chi connectivity index (χ1) is 25.9. The van der Waals surface area contributed by atoms with E-state index in [4.69, 9.17) is 8.85 Å². The van der Waals surface area contributed by atoms with Crippen LogP contribution in [0.5, 0.6) is 11.5 Å². The summed E-state index contributed by atoms with van der Waals surface area (Å²) in [5, 5.41) is 4.70. The van der Waals surface area contributed by atoms with E-state index in [9.17, 15) is 0 Å². The number of rotatable bonds is 10. The Labute approximate surface area is 349 Å². The van der Waals surface area contributed by atoms with Gasteiger partial charge < -0.3 is 8.85 Å². The summed E-state index contributed by atoms with van der Waals surface area (Å²) >= 11 is 11.2. The minimum absolute atomic E-state index is 0.175. The molecule has 0 fully saturated rings. The molecule has 0 spiro atoms. The molecule has 2 heterocycles. The Morgan fingerprint density at radius 2 is 0.685 bits per heavy atom. The van der Waals surface area contributed by atoms with Gasteiger partial charge in [-0.3, -0.25) is 0 Å². The average molecular weight is 855 g/mol. The van der Waals surface area contributed by atoms with Crippen molar-refractivity contribution >= 4 is 108 Å². The lowest BCUT2D eigenvalue weighted by Gasteiger charge is -2.44. The van der Waals surface area contributed by atoms with E-state index in [1.807, 2.05) is 70.6 Å². The van der Waals surface area contributed by atoms with Crippen molar-refractivity contribution in [3.63, 3.8) is 0 Å². The van der Waals surface area contributed by atoms with Crippen LogP contribution in [0.15, 0.2) is 160 Å². The van der Waals surface area contributed by atoms with Crippen molar-refractivity contribution in [3.05, 3.63) is 150 Å². The first-order valence-electron chi connectivity index (χ1n) is 18.0. The number of hydrogen-bond donors (Lipinski definition) is 0. The lowest BCUT2D eigenvalue weighted by molar-refractivity contribution is 0.478. The molecule has 0 unspecified atom stereocenters. The van der Waals surface area contributed by atoms with Gasteiger partial charge in [-0.2, -0.15) is 0 Å². The van der Waals surface area contributed by atoms with Gasteiger partial charge in [-0.05, 0) is 55.5 Å². The molecule has 0 saturated carbocycles. The molecular formula is C44H46O2S6Si2. The van der Waals surface area contributed by atoms with Gasteiger partial charge in [-0.25, -0.2) is 0 Å². The van der Waals surface area contributed by atoms with Crippen molar-refractivity contribution in [1.82, 2.24) is 0 Å². The van der Waals surface area contributed by atoms with Crippen molar-refractivity contribution in [3.8, 4) is 11.5 Å². The second kappa shape index (κ2) is 16.3. The van der Waals surface area contributed by atoms with E-state index in [1.165, 1.54) is 37.7 Å². The number of benzene rings is 5. The molecular weight excluding hydrogens is 809 g/mol. The summed E-state index contributed by atoms with van der Waals surface area (Å²) < 4.78 is 21.0. The Morgan fingerprint density at radius 3 is 0.944 bits per heavy atom. The molecule has 5 aromatic carbocycles. The maximum atomic E-state index is 7.80. The molecule has 0 saturated heterocycles. The quantitative estimate of drug-likeness (QED) is 0.128. The van der Waals surface area contributed by atoms with Crippen LogP contribution in [0.25, 0.3) is 0 Å². The molecule has 0 radical (unpaired) electrons. The normalized spacial score (nSPS) is 15.1. The van der Waals surface area contributed by atoms with Crippen LogP contribution in [0.2, 0.25) is 10.1 Å². The third-order valence-electron chi connectivity index (χ3n) is 9.86. The highest BCUT2D eigenvalue weighted by molar-refractivity contribution is 8.41. The molecule has 7 rings (SSSR count). The fraction of sp³-hybridized carbons (Fsp3) is 0.227. The molecule has 10 heteroatoms. The second-order valence-electron chi connectivity index (χ2n) is 15.2. The van der Waals surface area contributed by atoms with E-state index < -0.39 is 16.6 Å². The molecule has 278 valence electrons. The monoisotopic (exact) mass is 854 g/mol. The zero-order valence-corrected chi connectivity index (χ0v) is 38.9. The van der Waals surface area contributed by atoms with Gasteiger partial charge >= 0.3 is 16.6 Å². The fourth-order valence-corrected chi connectivity index (χ4v) is 24.3. The lowest BCUT2D eigenvalue weighted by Crippen LogP contribution is -2.69. The highest BCUT2D eigenvalue weighted by Gasteiger charge is 2.54. The van der Waals surface area contributed by atoms with Crippen LogP contribution >= 0.6 is 70.6 Å². The maximum Gasteiger partial charge on any atom is 0.320 e. The van der Waals surface area contributed by atoms with Crippen LogP contribution in [0.1, 0.15) is 41.5 Å². The third-order valence-corrected chi connectivity index (χ3v) is 28.1. The lowest BCUT2D eigenvalue weighted by atomic mass is 10.2. The van der Waals surface area contributed by atoms with E-state index in [0.29, 0.717) is 0 Å². The average Bonchev–Trinajstić information content (AvgIpc) is 3.82. The molecule has 2 aliphatic rings. The van der Waals surface area contributed by atoms with Gasteiger partial charge in [0.1, 0.15) is 11.5 Å². The number of thioether (sulfide) groups is 6. The summed E-state index contributed by atoms with van der Waals surface area (Å²) in [5.41, 5.74) is 0. The molecule has 0 amide bonds. The Morgan fingerprint density at radius 1 is 0.407 bits per heavy atom. The van der Waals surface area contributed by atoms with E-state index >= 15 is 0 Å². The summed E-state index contributed by atoms with van der Waals surface area (Å²) in [6.07, 6.45) is 4.37. The molecule has 2 aliphatic heterocycles. The topological polar surface area (TPSA) is 18.5 Å². The summed E-state index contributed by atoms with van der Waals surface area (Å²) in [4.78, 5) is 2.30. The van der Waals surface area contributed by atoms with Crippen LogP contribution in [0, 0.1) is 0 Å². The maximum absolute atomic E-state index is 7.80. The number of hydrogen-bond acceptors (Lipinski definition) is 8. The van der Waals surface area contributed by atoms with Crippen LogP contribution < -0.4 is 29.6 Å². The van der Waals surface area contributed by atoms with Crippen LogP contribution in [-0.4, -0.2) is 29.1 Å². The van der Waals surface area contributed by atoms with Crippen molar-refractivity contribution in [1.29, 1.82) is 0 Å². The minimum Gasteiger partial charge on any atom is -0.533 e. The first-order valence-corrected chi connectivity index (χ1v) is 27.5. The molecule has 0 N–H and O–H groups in total. The van der Waals surface area contributed by atoms with Crippen molar-refractivity contribution in [2.45, 2.75) is 61.4 Å². The molecule has 0 aliphatic carbocycles. The second-order valence-corrected chi connectivity index (χ2v) is 30.4. The highest BCUT2D eigenvalue weighted by atomic mass is 32.3. The van der Waals surface area contributed by atoms with Crippen molar-refractivity contribution in [2.75, 3.05) is 12.5 Å². The zero-order chi connectivity index (χ0) is 38.1. The molecule has 2 nitrogen and oxygen atoms in total. The summed E-state index contributed by atoms with van der Waals surface area (Å²) in [6, 6.07) is 48.2. The van der Waals surface area contributed by atoms with Crippen LogP contribution in [0.4, 0.5) is 0 Å². The number of fused-ring (bicyclic) bond motifs is 1. The van der Waals surface area contributed by atoms with Crippen molar-refractivity contribution in [2.24, 2.45) is 0 Å². The van der Waals surface area contributed by atoms with E-state index in [2.05, 4.69) is 188 Å². The van der Waals surface area contributed by atoms with Gasteiger partial charge in [0.2, 0.25) is 0 Å². The van der Waals surface area contributed by atoms with Gasteiger partial charge in [-0.1, -0.05) is 210 Å². The minimum atomic E-state index is -2.92. The smallest absolute Gasteiger partial charge is 0.320 e. The SMILES string of the molecule is CSC1=C(SC)SC(=C2Sc3c(O[Si](c4ccccc4)(c4ccccc4)C(C)(C)C)ccc(O[Si](c4ccccc4)(c4ccccc4)C(C)(C)C)c3S2)S1. The Bertz CT molecular complexity index is 1930. The fourth-order valence-electron chi connectivity index (χ4n) is 7.40. The molecule has 0 bridgehead atoms. The Hall–Kier alpha value is -2.29. The van der Waals surface area contributed by atoms with E-state index in [1.54, 1.807) is 0 Å². The van der Waals surface area contributed by atoms with Gasteiger partial charge in [-0.15, -0.1) is 23.5 Å². The Kier molecular flexibility index (Phi) is 12.0. The standard InChI is InChI=1S/C44H46O2S6Si2/c1-43(2,3)53(31-21-13-9-14-22-31,32-23-15-10-16-24-32)45-35-29-30-36(38-37(35)49-41(50-38)42-51-39(47-7)40(48-8)52-42)46-54(44(4,5)6,33-25-17-11-18-26-33)34-27-19-12-20-28-34/h9-30H,1-8H3. The Balaban J connectivity index is 1.45. The van der Waals surface area contributed by atoms with Crippen LogP contribution in [-0.2, 0) is 0 Å². The van der Waals surface area contributed by atoms with Gasteiger partial charge in [0.25, 0.3) is 0 Å². The summed E-state index contributed by atoms with van der Waals surface area (Å²) in [7, 11) is -5.83. The highest BCUT2D eigenvalue weighted by Crippen LogP contribution is 2.66. The zero-order valence-electron chi connectivity index (χ0n) is 32.0. The largest absolute Gasteiger partial charge is 0.533 e. The van der Waals surface area contributed by atoms with Crippen LogP contribution in [0.3, 0.4) is 0 Å². The summed E-state index contributed by atoms with van der Waals surface area (Å²) in [6.45, 7) is 14.1. The van der Waals surface area contributed by atoms with Gasteiger partial charge in [0.05, 0.1) is 26.7 Å². The van der Waals surface area contributed by atoms with Gasteiger partial charge in [0, 0.05) is 0 Å². The predicted octanol–water partition coefficient (Wildman–Crippen LogP) is 12.2. The van der Waals surface area contributed by atoms with E-state index in [-0.39, 0.29) is 10.1 Å². The molecule has 5 aromatic rings.